The number of carbonyl (C=O) groups is 1. The zero-order valence-corrected chi connectivity index (χ0v) is 6.45. The maximum atomic E-state index is 10.4. The van der Waals surface area contributed by atoms with Crippen LogP contribution in [0.5, 0.6) is 0 Å². The van der Waals surface area contributed by atoms with Gasteiger partial charge in [0.2, 0.25) is 0 Å². The van der Waals surface area contributed by atoms with E-state index in [0.29, 0.717) is 6.54 Å². The predicted molar refractivity (Wildman–Crippen MR) is 44.7 cm³/mol. The number of urea groups is 1. The third-order valence-electron chi connectivity index (χ3n) is 1.39. The third kappa shape index (κ3) is 2.59. The van der Waals surface area contributed by atoms with Gasteiger partial charge in [-0.3, -0.25) is 5.21 Å². The van der Waals surface area contributed by atoms with Gasteiger partial charge in [0.25, 0.3) is 0 Å². The molecule has 0 unspecified atom stereocenters. The molecule has 0 fully saturated rings. The summed E-state index contributed by atoms with van der Waals surface area (Å²) in [6.45, 7) is 0.399. The molecule has 1 aliphatic rings. The first-order valence-electron chi connectivity index (χ1n) is 3.56. The van der Waals surface area contributed by atoms with E-state index in [1.165, 1.54) is 5.48 Å². The van der Waals surface area contributed by atoms with Crippen LogP contribution in [0, 0.1) is 0 Å². The van der Waals surface area contributed by atoms with Crippen LogP contribution in [0.2, 0.25) is 0 Å². The van der Waals surface area contributed by atoms with Crippen molar-refractivity contribution in [3.8, 4) is 0 Å². The number of carbonyl (C=O) groups excluding carboxylic acids is 1. The minimum Gasteiger partial charge on any atom is -0.333 e. The number of nitrogens with one attached hydrogen (secondary N) is 2. The normalized spacial score (nSPS) is 13.2. The molecule has 1 aliphatic carbocycles. The average molecular weight is 166 g/mol. The fourth-order valence-electron chi connectivity index (χ4n) is 0.826. The summed E-state index contributed by atoms with van der Waals surface area (Å²) in [5, 5.41) is 10.5. The van der Waals surface area contributed by atoms with E-state index in [2.05, 4.69) is 5.32 Å². The second-order valence-electron chi connectivity index (χ2n) is 2.24. The molecule has 0 atom stereocenters. The average Bonchev–Trinajstić information content (AvgIpc) is 2.57. The molecule has 0 radical (unpaired) electrons. The highest BCUT2D eigenvalue weighted by Crippen LogP contribution is 2.05. The number of rotatable bonds is 2. The SMILES string of the molecule is O=C(NO)NCC=C1C=CC=C1. The van der Waals surface area contributed by atoms with Crippen molar-refractivity contribution >= 4 is 6.03 Å². The van der Waals surface area contributed by atoms with Crippen molar-refractivity contribution in [1.82, 2.24) is 10.8 Å². The van der Waals surface area contributed by atoms with Gasteiger partial charge >= 0.3 is 6.03 Å². The molecule has 0 bridgehead atoms. The van der Waals surface area contributed by atoms with Gasteiger partial charge < -0.3 is 5.32 Å². The van der Waals surface area contributed by atoms with E-state index < -0.39 is 6.03 Å². The quantitative estimate of drug-likeness (QED) is 0.418. The lowest BCUT2D eigenvalue weighted by atomic mass is 10.3. The van der Waals surface area contributed by atoms with E-state index in [1.54, 1.807) is 0 Å². The van der Waals surface area contributed by atoms with Gasteiger partial charge in [-0.2, -0.15) is 0 Å². The molecule has 0 aromatic carbocycles. The van der Waals surface area contributed by atoms with Gasteiger partial charge in [-0.15, -0.1) is 0 Å². The van der Waals surface area contributed by atoms with E-state index in [-0.39, 0.29) is 0 Å². The van der Waals surface area contributed by atoms with Gasteiger partial charge in [0, 0.05) is 6.54 Å². The highest BCUT2D eigenvalue weighted by molar-refractivity contribution is 5.72. The summed E-state index contributed by atoms with van der Waals surface area (Å²) in [5.74, 6) is 0. The van der Waals surface area contributed by atoms with Gasteiger partial charge in [-0.05, 0) is 5.57 Å². The first-order valence-corrected chi connectivity index (χ1v) is 3.56. The fraction of sp³-hybridized carbons (Fsp3) is 0.125. The number of hydrogen-bond acceptors (Lipinski definition) is 2. The van der Waals surface area contributed by atoms with Crippen molar-refractivity contribution in [3.05, 3.63) is 36.0 Å². The van der Waals surface area contributed by atoms with Crippen molar-refractivity contribution in [2.75, 3.05) is 6.54 Å². The summed E-state index contributed by atoms with van der Waals surface area (Å²) in [5.41, 5.74) is 2.52. The molecule has 3 N–H and O–H groups in total. The summed E-state index contributed by atoms with van der Waals surface area (Å²) < 4.78 is 0. The van der Waals surface area contributed by atoms with Crippen LogP contribution in [0.1, 0.15) is 0 Å². The Labute approximate surface area is 70.2 Å². The van der Waals surface area contributed by atoms with E-state index in [0.717, 1.165) is 5.57 Å². The molecule has 12 heavy (non-hydrogen) atoms. The Hall–Kier alpha value is -1.55. The van der Waals surface area contributed by atoms with E-state index in [1.807, 2.05) is 30.4 Å². The molecule has 0 spiro atoms. The Morgan fingerprint density at radius 1 is 1.50 bits per heavy atom. The highest BCUT2D eigenvalue weighted by atomic mass is 16.5. The van der Waals surface area contributed by atoms with Crippen LogP contribution in [0.3, 0.4) is 0 Å². The Bertz CT molecular complexity index is 240. The second-order valence-corrected chi connectivity index (χ2v) is 2.24. The number of amides is 2. The Balaban J connectivity index is 2.25. The summed E-state index contributed by atoms with van der Waals surface area (Å²) in [6.07, 6.45) is 9.53. The van der Waals surface area contributed by atoms with Crippen molar-refractivity contribution in [2.24, 2.45) is 0 Å². The molecule has 0 aromatic rings. The van der Waals surface area contributed by atoms with Gasteiger partial charge in [0.15, 0.2) is 0 Å². The first-order chi connectivity index (χ1) is 5.83. The summed E-state index contributed by atoms with van der Waals surface area (Å²) in [4.78, 5) is 10.4. The third-order valence-corrected chi connectivity index (χ3v) is 1.39. The molecule has 0 aliphatic heterocycles. The predicted octanol–water partition coefficient (Wildman–Crippen LogP) is 0.727. The Morgan fingerprint density at radius 2 is 2.17 bits per heavy atom. The van der Waals surface area contributed by atoms with Gasteiger partial charge in [-0.1, -0.05) is 30.4 Å². The van der Waals surface area contributed by atoms with Gasteiger partial charge in [0.05, 0.1) is 0 Å². The smallest absolute Gasteiger partial charge is 0.333 e. The minimum atomic E-state index is -0.599. The number of hydrogen-bond donors (Lipinski definition) is 3. The van der Waals surface area contributed by atoms with Crippen LogP contribution in [-0.2, 0) is 0 Å². The van der Waals surface area contributed by atoms with Crippen LogP contribution in [0.15, 0.2) is 36.0 Å². The molecule has 0 saturated heterocycles. The maximum absolute atomic E-state index is 10.4. The lowest BCUT2D eigenvalue weighted by molar-refractivity contribution is 0.162. The molecule has 0 aromatic heterocycles. The van der Waals surface area contributed by atoms with Gasteiger partial charge in [0.1, 0.15) is 0 Å². The summed E-state index contributed by atoms with van der Waals surface area (Å²) in [6, 6.07) is -0.599. The molecule has 0 saturated carbocycles. The number of hydroxylamine groups is 1. The van der Waals surface area contributed by atoms with E-state index >= 15 is 0 Å². The maximum Gasteiger partial charge on any atom is 0.338 e. The van der Waals surface area contributed by atoms with Gasteiger partial charge in [-0.25, -0.2) is 10.3 Å². The number of allylic oxidation sites excluding steroid dienone is 5. The molecule has 4 nitrogen and oxygen atoms in total. The topological polar surface area (TPSA) is 61.4 Å². The Kier molecular flexibility index (Phi) is 3.10. The van der Waals surface area contributed by atoms with E-state index in [9.17, 15) is 4.79 Å². The second kappa shape index (κ2) is 4.35. The Morgan fingerprint density at radius 3 is 2.75 bits per heavy atom. The van der Waals surface area contributed by atoms with Crippen LogP contribution in [0.25, 0.3) is 0 Å². The first kappa shape index (κ1) is 8.55. The minimum absolute atomic E-state index is 0.399. The molecular formula is C8H10N2O2. The van der Waals surface area contributed by atoms with Crippen LogP contribution < -0.4 is 10.8 Å². The fourth-order valence-corrected chi connectivity index (χ4v) is 0.826. The molecular weight excluding hydrogens is 156 g/mol. The molecule has 64 valence electrons. The van der Waals surface area contributed by atoms with Crippen molar-refractivity contribution in [2.45, 2.75) is 0 Å². The highest BCUT2D eigenvalue weighted by Gasteiger charge is 1.94. The summed E-state index contributed by atoms with van der Waals surface area (Å²) in [7, 11) is 0. The lowest BCUT2D eigenvalue weighted by Gasteiger charge is -1.98. The van der Waals surface area contributed by atoms with E-state index in [4.69, 9.17) is 5.21 Å². The monoisotopic (exact) mass is 166 g/mol. The van der Waals surface area contributed by atoms with Crippen molar-refractivity contribution in [3.63, 3.8) is 0 Å². The molecule has 0 heterocycles. The van der Waals surface area contributed by atoms with Crippen molar-refractivity contribution < 1.29 is 10.0 Å². The zero-order valence-electron chi connectivity index (χ0n) is 6.45. The molecule has 2 amide bonds. The molecule has 1 rings (SSSR count). The lowest BCUT2D eigenvalue weighted by Crippen LogP contribution is -2.33. The van der Waals surface area contributed by atoms with Crippen LogP contribution in [-0.4, -0.2) is 17.8 Å². The van der Waals surface area contributed by atoms with Crippen LogP contribution >= 0.6 is 0 Å². The largest absolute Gasteiger partial charge is 0.338 e. The molecule has 4 heteroatoms. The zero-order chi connectivity index (χ0) is 8.81. The standard InChI is InChI=1S/C8H10N2O2/c11-8(10-12)9-6-5-7-3-1-2-4-7/h1-5,12H,6H2,(H2,9,10,11). The van der Waals surface area contributed by atoms with Crippen molar-refractivity contribution in [1.29, 1.82) is 0 Å². The van der Waals surface area contributed by atoms with Crippen LogP contribution in [0.4, 0.5) is 4.79 Å². The summed E-state index contributed by atoms with van der Waals surface area (Å²) >= 11 is 0.